The maximum atomic E-state index is 14.8. The van der Waals surface area contributed by atoms with Gasteiger partial charge in [-0.3, -0.25) is 19.2 Å². The molecule has 3 aliphatic heterocycles. The molecular weight excluding hydrogens is 797 g/mol. The van der Waals surface area contributed by atoms with Crippen molar-refractivity contribution < 1.29 is 29.4 Å². The number of pyridine rings is 1. The van der Waals surface area contributed by atoms with Gasteiger partial charge in [-0.15, -0.1) is 6.58 Å². The summed E-state index contributed by atoms with van der Waals surface area (Å²) in [7, 11) is 1.89. The molecule has 0 spiro atoms. The molecule has 1 unspecified atom stereocenters. The lowest BCUT2D eigenvalue weighted by Crippen LogP contribution is -2.75. The third-order valence-corrected chi connectivity index (χ3v) is 12.5. The number of likely N-dealkylation sites (tertiary alicyclic amines) is 1. The fourth-order valence-corrected chi connectivity index (χ4v) is 9.28. The number of Topliss-reactive ketones (excluding diaryl/α,β-unsaturated/α-hetero) is 1. The highest BCUT2D eigenvalue weighted by Crippen LogP contribution is 2.32. The van der Waals surface area contributed by atoms with Crippen LogP contribution in [0.15, 0.2) is 110 Å². The molecule has 63 heavy (non-hydrogen) atoms. The van der Waals surface area contributed by atoms with Crippen LogP contribution in [0, 0.1) is 0 Å². The van der Waals surface area contributed by atoms with Crippen molar-refractivity contribution in [2.24, 2.45) is 7.05 Å². The SMILES string of the molecule is C=CCN1CC(=O)N2C(CN(Cc3cccc4c(C(=O)Cc5ccc(NCCN6CCC(O)CC6)nc5)cn(C)c34)C(=O)[C@@H]2Cc2ccc(O)cc2)N1C(=O)CCc1ccccc1. The minimum atomic E-state index is -0.916. The van der Waals surface area contributed by atoms with Crippen molar-refractivity contribution in [3.8, 4) is 5.75 Å². The molecule has 3 aromatic carbocycles. The molecule has 2 atom stereocenters. The van der Waals surface area contributed by atoms with E-state index in [1.165, 1.54) is 0 Å². The average molecular weight is 853 g/mol. The Bertz CT molecular complexity index is 2430. The number of para-hydroxylation sites is 1. The number of hydrogen-bond donors (Lipinski definition) is 3. The van der Waals surface area contributed by atoms with Crippen molar-refractivity contribution >= 4 is 40.2 Å². The number of aromatic nitrogens is 2. The van der Waals surface area contributed by atoms with Gasteiger partial charge in [0.05, 0.1) is 24.7 Å². The van der Waals surface area contributed by atoms with E-state index in [9.17, 15) is 29.4 Å². The van der Waals surface area contributed by atoms with Crippen LogP contribution in [-0.2, 0) is 47.2 Å². The predicted molar refractivity (Wildman–Crippen MR) is 240 cm³/mol. The summed E-state index contributed by atoms with van der Waals surface area (Å²) in [4.78, 5) is 67.4. The van der Waals surface area contributed by atoms with Crippen molar-refractivity contribution in [2.45, 2.75) is 63.4 Å². The predicted octanol–water partition coefficient (Wildman–Crippen LogP) is 4.56. The lowest BCUT2D eigenvalue weighted by atomic mass is 9.97. The Morgan fingerprint density at radius 1 is 0.937 bits per heavy atom. The number of benzene rings is 3. The zero-order valence-electron chi connectivity index (χ0n) is 35.8. The first kappa shape index (κ1) is 43.3. The molecule has 8 rings (SSSR count). The lowest BCUT2D eigenvalue weighted by Gasteiger charge is -2.55. The molecule has 5 heterocycles. The van der Waals surface area contributed by atoms with Crippen LogP contribution in [0.2, 0.25) is 0 Å². The highest BCUT2D eigenvalue weighted by atomic mass is 16.3. The van der Waals surface area contributed by atoms with E-state index >= 15 is 0 Å². The molecule has 328 valence electrons. The summed E-state index contributed by atoms with van der Waals surface area (Å²) in [5, 5.41) is 27.3. The number of amides is 3. The number of aromatic hydroxyl groups is 1. The van der Waals surface area contributed by atoms with Gasteiger partial charge in [0.2, 0.25) is 17.7 Å². The molecule has 0 aliphatic carbocycles. The van der Waals surface area contributed by atoms with Gasteiger partial charge in [-0.1, -0.05) is 72.8 Å². The summed E-state index contributed by atoms with van der Waals surface area (Å²) in [6, 6.07) is 25.1. The van der Waals surface area contributed by atoms with Crippen LogP contribution < -0.4 is 5.32 Å². The number of piperidine rings is 1. The molecular formula is C49H56N8O6. The Balaban J connectivity index is 1.03. The van der Waals surface area contributed by atoms with Crippen molar-refractivity contribution in [1.29, 1.82) is 0 Å². The molecule has 5 aromatic rings. The van der Waals surface area contributed by atoms with Crippen LogP contribution in [0.3, 0.4) is 0 Å². The average Bonchev–Trinajstić information content (AvgIpc) is 3.63. The van der Waals surface area contributed by atoms with Gasteiger partial charge in [0, 0.05) is 88.9 Å². The van der Waals surface area contributed by atoms with Crippen molar-refractivity contribution in [3.05, 3.63) is 138 Å². The van der Waals surface area contributed by atoms with Crippen LogP contribution in [-0.4, -0.2) is 132 Å². The van der Waals surface area contributed by atoms with E-state index in [0.717, 1.165) is 78.0 Å². The number of carbonyl (C=O) groups is 4. The molecule has 0 bridgehead atoms. The maximum absolute atomic E-state index is 14.8. The molecule has 14 heteroatoms. The summed E-state index contributed by atoms with van der Waals surface area (Å²) in [5.41, 5.74) is 4.79. The number of phenols is 1. The molecule has 3 N–H and O–H groups in total. The molecule has 2 aromatic heterocycles. The first-order valence-electron chi connectivity index (χ1n) is 21.8. The van der Waals surface area contributed by atoms with Gasteiger partial charge in [-0.25, -0.2) is 15.0 Å². The molecule has 0 saturated carbocycles. The third-order valence-electron chi connectivity index (χ3n) is 12.5. The highest BCUT2D eigenvalue weighted by molar-refractivity contribution is 6.09. The number of aliphatic hydroxyl groups excluding tert-OH is 1. The van der Waals surface area contributed by atoms with Crippen LogP contribution in [0.25, 0.3) is 10.9 Å². The number of nitrogens with one attached hydrogen (secondary N) is 1. The number of hydrazine groups is 1. The monoisotopic (exact) mass is 852 g/mol. The van der Waals surface area contributed by atoms with Crippen molar-refractivity contribution in [2.75, 3.05) is 51.1 Å². The number of fused-ring (bicyclic) bond motifs is 2. The van der Waals surface area contributed by atoms with Gasteiger partial charge in [-0.2, -0.15) is 0 Å². The second kappa shape index (κ2) is 19.4. The number of anilines is 1. The molecule has 0 radical (unpaired) electrons. The normalized spacial score (nSPS) is 18.8. The number of aliphatic hydroxyl groups is 1. The Labute approximate surface area is 368 Å². The number of phenolic OH excluding ortho intramolecular Hbond substituents is 1. The highest BCUT2D eigenvalue weighted by Gasteiger charge is 2.51. The molecule has 3 fully saturated rings. The van der Waals surface area contributed by atoms with E-state index < -0.39 is 12.2 Å². The summed E-state index contributed by atoms with van der Waals surface area (Å²) < 4.78 is 1.93. The van der Waals surface area contributed by atoms with Crippen LogP contribution in [0.4, 0.5) is 5.82 Å². The molecule has 3 aliphatic rings. The number of nitrogens with zero attached hydrogens (tertiary/aromatic N) is 7. The van der Waals surface area contributed by atoms with Gasteiger partial charge >= 0.3 is 0 Å². The van der Waals surface area contributed by atoms with Crippen molar-refractivity contribution in [1.82, 2.24) is 34.3 Å². The number of hydrogen-bond acceptors (Lipinski definition) is 10. The van der Waals surface area contributed by atoms with Gasteiger partial charge in [0.25, 0.3) is 0 Å². The number of carbonyl (C=O) groups excluding carboxylic acids is 4. The maximum Gasteiger partial charge on any atom is 0.246 e. The fourth-order valence-electron chi connectivity index (χ4n) is 9.28. The summed E-state index contributed by atoms with van der Waals surface area (Å²) in [6.45, 7) is 7.73. The number of piperazine rings is 1. The van der Waals surface area contributed by atoms with Gasteiger partial charge in [-0.05, 0) is 59.7 Å². The van der Waals surface area contributed by atoms with Crippen LogP contribution in [0.1, 0.15) is 51.9 Å². The van der Waals surface area contributed by atoms with E-state index in [1.54, 1.807) is 56.4 Å². The minimum Gasteiger partial charge on any atom is -0.508 e. The fraction of sp³-hybridized carbons (Fsp3) is 0.367. The minimum absolute atomic E-state index is 0.0566. The number of rotatable bonds is 16. The van der Waals surface area contributed by atoms with Crippen molar-refractivity contribution in [3.63, 3.8) is 0 Å². The Morgan fingerprint density at radius 2 is 1.70 bits per heavy atom. The molecule has 14 nitrogen and oxygen atoms in total. The van der Waals surface area contributed by atoms with Gasteiger partial charge < -0.3 is 34.8 Å². The summed E-state index contributed by atoms with van der Waals surface area (Å²) >= 11 is 0. The zero-order valence-corrected chi connectivity index (χ0v) is 35.8. The van der Waals surface area contributed by atoms with E-state index in [-0.39, 0.29) is 80.8 Å². The van der Waals surface area contributed by atoms with E-state index in [0.29, 0.717) is 12.0 Å². The largest absolute Gasteiger partial charge is 0.508 e. The van der Waals surface area contributed by atoms with Gasteiger partial charge in [0.1, 0.15) is 23.8 Å². The number of ketones is 1. The first-order chi connectivity index (χ1) is 30.6. The molecule has 3 amide bonds. The standard InChI is InChI=1S/C49H56N8O6/c1-3-23-55-33-47(62)56-42(27-35-12-16-38(58)17-13-35)49(63)54(32-45(56)57(55)46(61)19-15-34-8-5-4-6-9-34)30-37-10-7-11-40-41(31-52(2)48(37)40)43(60)28-36-14-18-44(51-29-36)50-22-26-53-24-20-39(59)21-25-53/h3-14,16-18,29,31,39,42,45,58-59H,1,15,19-28,30,32-33H2,2H3,(H,50,51)/t42-,45?/m0/s1. The lowest BCUT2D eigenvalue weighted by molar-refractivity contribution is -0.205. The Kier molecular flexibility index (Phi) is 13.3. The Hall–Kier alpha value is -6.35. The second-order valence-corrected chi connectivity index (χ2v) is 16.9. The Morgan fingerprint density at radius 3 is 2.43 bits per heavy atom. The molecule has 3 saturated heterocycles. The topological polar surface area (TPSA) is 155 Å². The van der Waals surface area contributed by atoms with E-state index in [2.05, 4.69) is 21.8 Å². The third kappa shape index (κ3) is 9.83. The number of aryl methyl sites for hydroxylation is 2. The van der Waals surface area contributed by atoms with Gasteiger partial charge in [0.15, 0.2) is 5.78 Å². The van der Waals surface area contributed by atoms with Crippen LogP contribution >= 0.6 is 0 Å². The van der Waals surface area contributed by atoms with E-state index in [4.69, 9.17) is 0 Å². The second-order valence-electron chi connectivity index (χ2n) is 16.9. The summed E-state index contributed by atoms with van der Waals surface area (Å²) in [6.07, 6.45) is 6.94. The summed E-state index contributed by atoms with van der Waals surface area (Å²) in [5.74, 6) is 0.110. The zero-order chi connectivity index (χ0) is 44.0. The quantitative estimate of drug-likeness (QED) is 0.0952. The van der Waals surface area contributed by atoms with E-state index in [1.807, 2.05) is 78.5 Å². The smallest absolute Gasteiger partial charge is 0.246 e. The van der Waals surface area contributed by atoms with Crippen LogP contribution in [0.5, 0.6) is 5.75 Å². The first-order valence-corrected chi connectivity index (χ1v) is 21.8.